The Hall–Kier alpha value is -0.620. The zero-order valence-electron chi connectivity index (χ0n) is 9.04. The molecule has 15 heavy (non-hydrogen) atoms. The summed E-state index contributed by atoms with van der Waals surface area (Å²) in [6.45, 7) is 3.19. The first-order chi connectivity index (χ1) is 6.91. The molecule has 90 valence electrons. The molecule has 0 fully saturated rings. The van der Waals surface area contributed by atoms with E-state index in [2.05, 4.69) is 0 Å². The summed E-state index contributed by atoms with van der Waals surface area (Å²) in [6.07, 6.45) is -3.08. The molecule has 0 aliphatic heterocycles. The topological polar surface area (TPSA) is 101 Å². The normalized spacial score (nSPS) is 20.8. The average Bonchev–Trinajstić information content (AvgIpc) is 2.22. The molecule has 0 bridgehead atoms. The van der Waals surface area contributed by atoms with Crippen LogP contribution >= 0.6 is 0 Å². The summed E-state index contributed by atoms with van der Waals surface area (Å²) in [7, 11) is 0. The van der Waals surface area contributed by atoms with Crippen molar-refractivity contribution in [3.63, 3.8) is 0 Å². The molecule has 0 aromatic heterocycles. The van der Waals surface area contributed by atoms with Gasteiger partial charge >= 0.3 is 0 Å². The van der Waals surface area contributed by atoms with Gasteiger partial charge < -0.3 is 25.5 Å². The highest BCUT2D eigenvalue weighted by Gasteiger charge is 2.30. The van der Waals surface area contributed by atoms with Gasteiger partial charge in [-0.15, -0.1) is 0 Å². The minimum absolute atomic E-state index is 0.385. The van der Waals surface area contributed by atoms with E-state index in [4.69, 9.17) is 5.11 Å². The first kappa shape index (κ1) is 14.4. The van der Waals surface area contributed by atoms with Crippen LogP contribution in [0.15, 0.2) is 11.8 Å². The summed E-state index contributed by atoms with van der Waals surface area (Å²) in [6, 6.07) is 0. The molecule has 0 spiro atoms. The Morgan fingerprint density at radius 3 is 2.07 bits per heavy atom. The highest BCUT2D eigenvalue weighted by atomic mass is 16.4. The monoisotopic (exact) mass is 220 g/mol. The molecule has 0 saturated carbocycles. The van der Waals surface area contributed by atoms with E-state index in [-0.39, 0.29) is 5.76 Å². The fraction of sp³-hybridized carbons (Fsp3) is 0.800. The number of hydrogen-bond acceptors (Lipinski definition) is 5. The lowest BCUT2D eigenvalue weighted by Crippen LogP contribution is -2.44. The molecule has 0 heterocycles. The number of rotatable bonds is 6. The fourth-order valence-corrected chi connectivity index (χ4v) is 1.06. The van der Waals surface area contributed by atoms with Crippen molar-refractivity contribution >= 4 is 0 Å². The van der Waals surface area contributed by atoms with Gasteiger partial charge in [-0.2, -0.15) is 0 Å². The predicted molar refractivity (Wildman–Crippen MR) is 55.3 cm³/mol. The van der Waals surface area contributed by atoms with E-state index in [1.54, 1.807) is 0 Å². The van der Waals surface area contributed by atoms with E-state index in [1.165, 1.54) is 13.0 Å². The summed E-state index contributed by atoms with van der Waals surface area (Å²) < 4.78 is 0. The number of allylic oxidation sites excluding steroid dienone is 1. The Bertz CT molecular complexity index is 202. The van der Waals surface area contributed by atoms with Gasteiger partial charge in [0.15, 0.2) is 0 Å². The van der Waals surface area contributed by atoms with Gasteiger partial charge in [0.1, 0.15) is 24.1 Å². The van der Waals surface area contributed by atoms with E-state index in [9.17, 15) is 20.4 Å². The van der Waals surface area contributed by atoms with Crippen molar-refractivity contribution in [1.29, 1.82) is 0 Å². The first-order valence-electron chi connectivity index (χ1n) is 5.03. The minimum atomic E-state index is -1.60. The van der Waals surface area contributed by atoms with Crippen LogP contribution in [0.3, 0.4) is 0 Å². The summed E-state index contributed by atoms with van der Waals surface area (Å²) >= 11 is 0. The van der Waals surface area contributed by atoms with Crippen LogP contribution in [0.5, 0.6) is 0 Å². The highest BCUT2D eigenvalue weighted by Crippen LogP contribution is 2.11. The van der Waals surface area contributed by atoms with E-state index >= 15 is 0 Å². The van der Waals surface area contributed by atoms with Crippen molar-refractivity contribution in [3.05, 3.63) is 11.8 Å². The van der Waals surface area contributed by atoms with Crippen LogP contribution in [0.2, 0.25) is 0 Å². The molecule has 4 atom stereocenters. The molecule has 0 rings (SSSR count). The van der Waals surface area contributed by atoms with Gasteiger partial charge in [-0.3, -0.25) is 0 Å². The molecular weight excluding hydrogens is 200 g/mol. The molecule has 0 aliphatic carbocycles. The summed E-state index contributed by atoms with van der Waals surface area (Å²) in [5, 5.41) is 46.3. The number of hydrogen-bond donors (Lipinski definition) is 5. The molecule has 5 nitrogen and oxygen atoms in total. The summed E-state index contributed by atoms with van der Waals surface area (Å²) in [5.74, 6) is -0.385. The van der Waals surface area contributed by atoms with Crippen molar-refractivity contribution in [2.75, 3.05) is 0 Å². The van der Waals surface area contributed by atoms with Crippen LogP contribution in [0.25, 0.3) is 0 Å². The second kappa shape index (κ2) is 6.79. The molecule has 0 aromatic carbocycles. The van der Waals surface area contributed by atoms with Gasteiger partial charge in [-0.25, -0.2) is 0 Å². The van der Waals surface area contributed by atoms with Crippen molar-refractivity contribution in [2.24, 2.45) is 0 Å². The molecular formula is C10H20O5. The van der Waals surface area contributed by atoms with Gasteiger partial charge in [0.05, 0.1) is 6.10 Å². The smallest absolute Gasteiger partial charge is 0.139 e. The zero-order chi connectivity index (χ0) is 12.0. The Balaban J connectivity index is 4.36. The molecule has 0 amide bonds. The van der Waals surface area contributed by atoms with E-state index < -0.39 is 24.4 Å². The van der Waals surface area contributed by atoms with Crippen molar-refractivity contribution in [3.8, 4) is 0 Å². The Kier molecular flexibility index (Phi) is 6.51. The highest BCUT2D eigenvalue weighted by molar-refractivity contribution is 5.02. The van der Waals surface area contributed by atoms with Gasteiger partial charge in [0, 0.05) is 0 Å². The molecule has 5 N–H and O–H groups in total. The quantitative estimate of drug-likeness (QED) is 0.395. The van der Waals surface area contributed by atoms with Crippen LogP contribution < -0.4 is 0 Å². The molecule has 5 heteroatoms. The third kappa shape index (κ3) is 4.61. The maximum Gasteiger partial charge on any atom is 0.139 e. The van der Waals surface area contributed by atoms with Gasteiger partial charge in [0.25, 0.3) is 0 Å². The van der Waals surface area contributed by atoms with Gasteiger partial charge in [-0.05, 0) is 19.4 Å². The lowest BCUT2D eigenvalue weighted by Gasteiger charge is -2.24. The maximum absolute atomic E-state index is 9.39. The van der Waals surface area contributed by atoms with E-state index in [0.29, 0.717) is 6.42 Å². The molecule has 0 aliphatic rings. The second-order valence-electron chi connectivity index (χ2n) is 3.58. The summed E-state index contributed by atoms with van der Waals surface area (Å²) in [5.41, 5.74) is 0. The number of unbranched alkanes of at least 4 members (excludes halogenated alkanes) is 1. The molecule has 0 saturated heterocycles. The second-order valence-corrected chi connectivity index (χ2v) is 3.58. The Morgan fingerprint density at radius 1 is 1.13 bits per heavy atom. The lowest BCUT2D eigenvalue weighted by atomic mass is 10.0. The average molecular weight is 220 g/mol. The molecule has 0 unspecified atom stereocenters. The van der Waals surface area contributed by atoms with Gasteiger partial charge in [0.2, 0.25) is 0 Å². The fourth-order valence-electron chi connectivity index (χ4n) is 1.06. The van der Waals surface area contributed by atoms with Crippen molar-refractivity contribution in [2.45, 2.75) is 51.1 Å². The van der Waals surface area contributed by atoms with Crippen molar-refractivity contribution in [1.82, 2.24) is 0 Å². The molecule has 0 aromatic rings. The van der Waals surface area contributed by atoms with E-state index in [0.717, 1.165) is 6.42 Å². The Morgan fingerprint density at radius 2 is 1.67 bits per heavy atom. The van der Waals surface area contributed by atoms with Crippen LogP contribution in [0, 0.1) is 0 Å². The number of aliphatic hydroxyl groups excluding tert-OH is 5. The van der Waals surface area contributed by atoms with Crippen LogP contribution in [-0.4, -0.2) is 49.9 Å². The molecule has 0 radical (unpaired) electrons. The van der Waals surface area contributed by atoms with Crippen molar-refractivity contribution < 1.29 is 25.5 Å². The lowest BCUT2D eigenvalue weighted by molar-refractivity contribution is -0.0977. The third-order valence-corrected chi connectivity index (χ3v) is 2.11. The van der Waals surface area contributed by atoms with Crippen LogP contribution in [-0.2, 0) is 0 Å². The zero-order valence-corrected chi connectivity index (χ0v) is 9.04. The Labute approximate surface area is 89.3 Å². The van der Waals surface area contributed by atoms with Crippen LogP contribution in [0.1, 0.15) is 26.7 Å². The summed E-state index contributed by atoms with van der Waals surface area (Å²) in [4.78, 5) is 0. The SMILES string of the molecule is CCCC=C(O)[C@@H](O)[C@H](O)[C@H](O)[C@H](C)O. The van der Waals surface area contributed by atoms with Crippen LogP contribution in [0.4, 0.5) is 0 Å². The first-order valence-corrected chi connectivity index (χ1v) is 5.03. The standard InChI is InChI=1S/C10H20O5/c1-3-4-5-7(12)9(14)10(15)8(13)6(2)11/h5-6,8-15H,3-4H2,1-2H3/t6-,8+,9+,10+/m0/s1. The third-order valence-electron chi connectivity index (χ3n) is 2.11. The van der Waals surface area contributed by atoms with E-state index in [1.807, 2.05) is 6.92 Å². The largest absolute Gasteiger partial charge is 0.510 e. The van der Waals surface area contributed by atoms with Gasteiger partial charge in [-0.1, -0.05) is 13.3 Å². The number of aliphatic hydroxyl groups is 5. The predicted octanol–water partition coefficient (Wildman–Crippen LogP) is -0.308. The maximum atomic E-state index is 9.39. The minimum Gasteiger partial charge on any atom is -0.510 e.